The van der Waals surface area contributed by atoms with E-state index in [-0.39, 0.29) is 6.61 Å². The monoisotopic (exact) mass is 284 g/mol. The topological polar surface area (TPSA) is 38.7 Å². The summed E-state index contributed by atoms with van der Waals surface area (Å²) in [6, 6.07) is 11.9. The van der Waals surface area contributed by atoms with Gasteiger partial charge < -0.3 is 14.6 Å². The van der Waals surface area contributed by atoms with Crippen molar-refractivity contribution in [2.75, 3.05) is 26.4 Å². The standard InChI is InChI=1S/C18H20O3/c1-2-12-20-13-14-21-18-10-9-15-6-3-4-7-16(15)17(18)8-5-11-19/h3-4,6-7,9-10,19H,2,11-14H2,1H3. The van der Waals surface area contributed by atoms with E-state index in [1.807, 2.05) is 36.4 Å². The van der Waals surface area contributed by atoms with Crippen LogP contribution in [0.25, 0.3) is 10.8 Å². The second kappa shape index (κ2) is 8.31. The van der Waals surface area contributed by atoms with Crippen LogP contribution in [-0.4, -0.2) is 31.5 Å². The molecule has 3 heteroatoms. The van der Waals surface area contributed by atoms with Gasteiger partial charge in [-0.1, -0.05) is 49.1 Å². The molecule has 0 amide bonds. The molecule has 0 bridgehead atoms. The minimum Gasteiger partial charge on any atom is -0.490 e. The third-order valence-corrected chi connectivity index (χ3v) is 3.02. The average Bonchev–Trinajstić information content (AvgIpc) is 2.53. The number of ether oxygens (including phenoxy) is 2. The Hall–Kier alpha value is -2.02. The largest absolute Gasteiger partial charge is 0.490 e. The molecule has 0 atom stereocenters. The van der Waals surface area contributed by atoms with Crippen molar-refractivity contribution in [3.05, 3.63) is 42.0 Å². The fraction of sp³-hybridized carbons (Fsp3) is 0.333. The van der Waals surface area contributed by atoms with Crippen LogP contribution in [0.5, 0.6) is 5.75 Å². The first-order chi connectivity index (χ1) is 10.4. The molecule has 0 fully saturated rings. The van der Waals surface area contributed by atoms with Gasteiger partial charge in [-0.25, -0.2) is 0 Å². The Kier molecular flexibility index (Phi) is 6.08. The lowest BCUT2D eigenvalue weighted by Gasteiger charge is -2.11. The van der Waals surface area contributed by atoms with E-state index >= 15 is 0 Å². The number of fused-ring (bicyclic) bond motifs is 1. The number of aliphatic hydroxyl groups is 1. The summed E-state index contributed by atoms with van der Waals surface area (Å²) < 4.78 is 11.2. The third kappa shape index (κ3) is 4.22. The van der Waals surface area contributed by atoms with E-state index in [0.717, 1.165) is 35.1 Å². The Balaban J connectivity index is 2.21. The van der Waals surface area contributed by atoms with Crippen LogP contribution < -0.4 is 4.74 Å². The molecule has 0 spiro atoms. The molecule has 0 aliphatic heterocycles. The van der Waals surface area contributed by atoms with E-state index in [9.17, 15) is 0 Å². The molecule has 0 saturated heterocycles. The summed E-state index contributed by atoms with van der Waals surface area (Å²) in [5, 5.41) is 11.1. The van der Waals surface area contributed by atoms with Gasteiger partial charge in [0.25, 0.3) is 0 Å². The molecule has 0 aliphatic carbocycles. The third-order valence-electron chi connectivity index (χ3n) is 3.02. The lowest BCUT2D eigenvalue weighted by molar-refractivity contribution is 0.101. The molecule has 110 valence electrons. The van der Waals surface area contributed by atoms with Crippen LogP contribution in [0, 0.1) is 11.8 Å². The van der Waals surface area contributed by atoms with E-state index < -0.39 is 0 Å². The molecule has 0 aromatic heterocycles. The fourth-order valence-corrected chi connectivity index (χ4v) is 2.09. The number of rotatable bonds is 6. The zero-order valence-corrected chi connectivity index (χ0v) is 12.3. The first-order valence-electron chi connectivity index (χ1n) is 7.19. The highest BCUT2D eigenvalue weighted by Gasteiger charge is 2.06. The molecule has 3 nitrogen and oxygen atoms in total. The number of hydrogen-bond donors (Lipinski definition) is 1. The van der Waals surface area contributed by atoms with Gasteiger partial charge in [0.1, 0.15) is 19.0 Å². The van der Waals surface area contributed by atoms with Gasteiger partial charge in [-0.15, -0.1) is 0 Å². The molecule has 2 aromatic rings. The Morgan fingerprint density at radius 2 is 1.90 bits per heavy atom. The van der Waals surface area contributed by atoms with E-state index in [1.165, 1.54) is 0 Å². The maximum atomic E-state index is 8.93. The molecule has 1 N–H and O–H groups in total. The quantitative estimate of drug-likeness (QED) is 0.654. The second-order valence-electron chi connectivity index (χ2n) is 4.58. The van der Waals surface area contributed by atoms with Gasteiger partial charge in [-0.3, -0.25) is 0 Å². The number of aliphatic hydroxyl groups excluding tert-OH is 1. The molecule has 0 saturated carbocycles. The maximum Gasteiger partial charge on any atom is 0.135 e. The molecular formula is C18H20O3. The summed E-state index contributed by atoms with van der Waals surface area (Å²) in [5.74, 6) is 6.43. The number of hydrogen-bond acceptors (Lipinski definition) is 3. The number of benzene rings is 2. The van der Waals surface area contributed by atoms with E-state index in [0.29, 0.717) is 13.2 Å². The molecule has 2 rings (SSSR count). The van der Waals surface area contributed by atoms with E-state index in [4.69, 9.17) is 14.6 Å². The average molecular weight is 284 g/mol. The summed E-state index contributed by atoms with van der Waals surface area (Å²) in [5.41, 5.74) is 0.817. The van der Waals surface area contributed by atoms with Crippen molar-refractivity contribution in [3.8, 4) is 17.6 Å². The highest BCUT2D eigenvalue weighted by Crippen LogP contribution is 2.27. The van der Waals surface area contributed by atoms with Crippen molar-refractivity contribution in [2.45, 2.75) is 13.3 Å². The van der Waals surface area contributed by atoms with Gasteiger partial charge in [0.15, 0.2) is 0 Å². The van der Waals surface area contributed by atoms with Crippen molar-refractivity contribution in [2.24, 2.45) is 0 Å². The lowest BCUT2D eigenvalue weighted by atomic mass is 10.0. The van der Waals surface area contributed by atoms with E-state index in [2.05, 4.69) is 18.8 Å². The summed E-state index contributed by atoms with van der Waals surface area (Å²) in [7, 11) is 0. The highest BCUT2D eigenvalue weighted by molar-refractivity contribution is 5.90. The minimum atomic E-state index is -0.164. The van der Waals surface area contributed by atoms with Crippen molar-refractivity contribution >= 4 is 10.8 Å². The molecule has 0 heterocycles. The Morgan fingerprint density at radius 3 is 2.71 bits per heavy atom. The molecule has 0 aliphatic rings. The fourth-order valence-electron chi connectivity index (χ4n) is 2.09. The zero-order chi connectivity index (χ0) is 14.9. The predicted molar refractivity (Wildman–Crippen MR) is 84.5 cm³/mol. The van der Waals surface area contributed by atoms with Crippen molar-refractivity contribution in [1.82, 2.24) is 0 Å². The summed E-state index contributed by atoms with van der Waals surface area (Å²) in [6.07, 6.45) is 1.00. The highest BCUT2D eigenvalue weighted by atomic mass is 16.5. The molecule has 2 aromatic carbocycles. The Morgan fingerprint density at radius 1 is 1.05 bits per heavy atom. The summed E-state index contributed by atoms with van der Waals surface area (Å²) in [6.45, 7) is 3.72. The second-order valence-corrected chi connectivity index (χ2v) is 4.58. The minimum absolute atomic E-state index is 0.164. The van der Waals surface area contributed by atoms with Crippen LogP contribution in [0.2, 0.25) is 0 Å². The summed E-state index contributed by atoms with van der Waals surface area (Å²) in [4.78, 5) is 0. The Bertz CT molecular complexity index is 638. The zero-order valence-electron chi connectivity index (χ0n) is 12.3. The normalized spacial score (nSPS) is 10.2. The van der Waals surface area contributed by atoms with Gasteiger partial charge in [0.2, 0.25) is 0 Å². The maximum absolute atomic E-state index is 8.93. The van der Waals surface area contributed by atoms with Gasteiger partial charge in [-0.2, -0.15) is 0 Å². The van der Waals surface area contributed by atoms with Crippen LogP contribution in [-0.2, 0) is 4.74 Å². The summed E-state index contributed by atoms with van der Waals surface area (Å²) >= 11 is 0. The lowest BCUT2D eigenvalue weighted by Crippen LogP contribution is -2.08. The van der Waals surface area contributed by atoms with Crippen molar-refractivity contribution in [3.63, 3.8) is 0 Å². The van der Waals surface area contributed by atoms with Crippen molar-refractivity contribution in [1.29, 1.82) is 0 Å². The van der Waals surface area contributed by atoms with Crippen LogP contribution in [0.1, 0.15) is 18.9 Å². The van der Waals surface area contributed by atoms with E-state index in [1.54, 1.807) is 0 Å². The smallest absolute Gasteiger partial charge is 0.135 e. The Labute approximate surface area is 125 Å². The molecule has 0 unspecified atom stereocenters. The van der Waals surface area contributed by atoms with Gasteiger partial charge in [-0.05, 0) is 17.9 Å². The molecule has 0 radical (unpaired) electrons. The van der Waals surface area contributed by atoms with Crippen LogP contribution in [0.4, 0.5) is 0 Å². The van der Waals surface area contributed by atoms with Crippen LogP contribution in [0.3, 0.4) is 0 Å². The molecular weight excluding hydrogens is 264 g/mol. The van der Waals surface area contributed by atoms with Crippen LogP contribution in [0.15, 0.2) is 36.4 Å². The van der Waals surface area contributed by atoms with Gasteiger partial charge in [0.05, 0.1) is 12.2 Å². The van der Waals surface area contributed by atoms with Crippen LogP contribution >= 0.6 is 0 Å². The first kappa shape index (κ1) is 15.4. The first-order valence-corrected chi connectivity index (χ1v) is 7.19. The predicted octanol–water partition coefficient (Wildman–Crippen LogP) is 2.99. The van der Waals surface area contributed by atoms with Gasteiger partial charge in [0, 0.05) is 12.0 Å². The SMILES string of the molecule is CCCOCCOc1ccc2ccccc2c1C#CCO. The van der Waals surface area contributed by atoms with Crippen molar-refractivity contribution < 1.29 is 14.6 Å². The molecule has 21 heavy (non-hydrogen) atoms. The van der Waals surface area contributed by atoms with Gasteiger partial charge >= 0.3 is 0 Å².